The van der Waals surface area contributed by atoms with Crippen molar-refractivity contribution in [3.8, 4) is 0 Å². The summed E-state index contributed by atoms with van der Waals surface area (Å²) in [5.41, 5.74) is 1.69. The average molecular weight is 493 g/mol. The van der Waals surface area contributed by atoms with Crippen molar-refractivity contribution < 1.29 is 18.0 Å². The van der Waals surface area contributed by atoms with Gasteiger partial charge in [-0.05, 0) is 55.3 Å². The molecule has 1 aliphatic heterocycles. The molecular weight excluding hydrogens is 464 g/mol. The van der Waals surface area contributed by atoms with E-state index in [-0.39, 0.29) is 22.8 Å². The van der Waals surface area contributed by atoms with Gasteiger partial charge in [0, 0.05) is 37.4 Å². The van der Waals surface area contributed by atoms with E-state index in [9.17, 15) is 18.0 Å². The van der Waals surface area contributed by atoms with Gasteiger partial charge in [-0.2, -0.15) is 0 Å². The summed E-state index contributed by atoms with van der Waals surface area (Å²) in [6.07, 6.45) is 1.06. The second-order valence-electron chi connectivity index (χ2n) is 8.38. The maximum Gasteiger partial charge on any atom is 0.321 e. The van der Waals surface area contributed by atoms with Crippen molar-refractivity contribution in [2.45, 2.75) is 17.7 Å². The van der Waals surface area contributed by atoms with Crippen LogP contribution in [0.5, 0.6) is 0 Å². The van der Waals surface area contributed by atoms with E-state index in [1.807, 2.05) is 36.4 Å². The molecule has 0 aromatic heterocycles. The van der Waals surface area contributed by atoms with Crippen LogP contribution in [0.4, 0.5) is 21.9 Å². The monoisotopic (exact) mass is 492 g/mol. The van der Waals surface area contributed by atoms with Gasteiger partial charge in [0.2, 0.25) is 5.91 Å². The molecule has 3 aromatic rings. The van der Waals surface area contributed by atoms with Gasteiger partial charge < -0.3 is 15.5 Å². The summed E-state index contributed by atoms with van der Waals surface area (Å²) < 4.78 is 27.4. The number of benzene rings is 3. The van der Waals surface area contributed by atoms with E-state index in [2.05, 4.69) is 10.6 Å². The topological polar surface area (TPSA) is 98.8 Å². The first-order valence-corrected chi connectivity index (χ1v) is 12.8. The molecule has 0 atom stereocenters. The number of para-hydroxylation sites is 2. The SMILES string of the molecule is CN(c1ccccc1)S(=O)(=O)c1cccc(NC(=O)C2CCN(C(=O)Nc3ccccc3)CC2)c1. The summed E-state index contributed by atoms with van der Waals surface area (Å²) in [4.78, 5) is 27.1. The normalized spacial score (nSPS) is 14.3. The van der Waals surface area contributed by atoms with Gasteiger partial charge in [0.15, 0.2) is 0 Å². The number of amides is 3. The second-order valence-corrected chi connectivity index (χ2v) is 10.4. The summed E-state index contributed by atoms with van der Waals surface area (Å²) in [6, 6.07) is 24.1. The van der Waals surface area contributed by atoms with Crippen LogP contribution in [-0.4, -0.2) is 45.4 Å². The lowest BCUT2D eigenvalue weighted by molar-refractivity contribution is -0.121. The Balaban J connectivity index is 1.35. The first-order valence-electron chi connectivity index (χ1n) is 11.4. The summed E-state index contributed by atoms with van der Waals surface area (Å²) in [5, 5.41) is 5.71. The first-order chi connectivity index (χ1) is 16.8. The fraction of sp³-hybridized carbons (Fsp3) is 0.231. The molecule has 0 unspecified atom stereocenters. The average Bonchev–Trinajstić information content (AvgIpc) is 2.89. The zero-order chi connectivity index (χ0) is 24.8. The van der Waals surface area contributed by atoms with Gasteiger partial charge in [0.25, 0.3) is 10.0 Å². The number of nitrogens with zero attached hydrogens (tertiary/aromatic N) is 2. The summed E-state index contributed by atoms with van der Waals surface area (Å²) in [7, 11) is -2.29. The Morgan fingerprint density at radius 1 is 0.829 bits per heavy atom. The van der Waals surface area contributed by atoms with Crippen LogP contribution in [0, 0.1) is 5.92 Å². The fourth-order valence-corrected chi connectivity index (χ4v) is 5.22. The maximum absolute atomic E-state index is 13.1. The lowest BCUT2D eigenvalue weighted by atomic mass is 9.96. The van der Waals surface area contributed by atoms with Gasteiger partial charge in [0.05, 0.1) is 10.6 Å². The minimum atomic E-state index is -3.79. The molecule has 35 heavy (non-hydrogen) atoms. The van der Waals surface area contributed by atoms with Crippen molar-refractivity contribution in [1.82, 2.24) is 4.90 Å². The Morgan fingerprint density at radius 2 is 1.43 bits per heavy atom. The van der Waals surface area contributed by atoms with Gasteiger partial charge in [-0.3, -0.25) is 9.10 Å². The quantitative estimate of drug-likeness (QED) is 0.533. The fourth-order valence-electron chi connectivity index (χ4n) is 3.98. The van der Waals surface area contributed by atoms with Gasteiger partial charge in [-0.25, -0.2) is 13.2 Å². The molecule has 0 saturated carbocycles. The number of likely N-dealkylation sites (tertiary alicyclic amines) is 1. The van der Waals surface area contributed by atoms with Crippen LogP contribution in [0.25, 0.3) is 0 Å². The number of hydrogen-bond donors (Lipinski definition) is 2. The van der Waals surface area contributed by atoms with Gasteiger partial charge in [-0.15, -0.1) is 0 Å². The van der Waals surface area contributed by atoms with Gasteiger partial charge >= 0.3 is 6.03 Å². The van der Waals surface area contributed by atoms with E-state index in [1.165, 1.54) is 23.5 Å². The molecule has 0 radical (unpaired) electrons. The van der Waals surface area contributed by atoms with E-state index in [0.717, 1.165) is 5.69 Å². The number of urea groups is 1. The number of nitrogens with one attached hydrogen (secondary N) is 2. The Morgan fingerprint density at radius 3 is 2.09 bits per heavy atom. The number of piperidine rings is 1. The third-order valence-electron chi connectivity index (χ3n) is 6.06. The van der Waals surface area contributed by atoms with Crippen LogP contribution in [0.3, 0.4) is 0 Å². The summed E-state index contributed by atoms with van der Waals surface area (Å²) in [6.45, 7) is 0.931. The molecule has 9 heteroatoms. The molecule has 0 spiro atoms. The van der Waals surface area contributed by atoms with E-state index >= 15 is 0 Å². The third kappa shape index (κ3) is 5.81. The highest BCUT2D eigenvalue weighted by atomic mass is 32.2. The molecule has 1 saturated heterocycles. The van der Waals surface area contributed by atoms with Crippen LogP contribution >= 0.6 is 0 Å². The molecule has 8 nitrogen and oxygen atoms in total. The van der Waals surface area contributed by atoms with Gasteiger partial charge in [-0.1, -0.05) is 42.5 Å². The molecule has 2 N–H and O–H groups in total. The zero-order valence-corrected chi connectivity index (χ0v) is 20.2. The Hall–Kier alpha value is -3.85. The highest BCUT2D eigenvalue weighted by Crippen LogP contribution is 2.25. The summed E-state index contributed by atoms with van der Waals surface area (Å²) in [5.74, 6) is -0.442. The highest BCUT2D eigenvalue weighted by molar-refractivity contribution is 7.92. The number of hydrogen-bond acceptors (Lipinski definition) is 4. The lowest BCUT2D eigenvalue weighted by Gasteiger charge is -2.31. The van der Waals surface area contributed by atoms with Crippen LogP contribution in [0.15, 0.2) is 89.8 Å². The standard InChI is InChI=1S/C26H28N4O4S/c1-29(23-12-6-3-7-13-23)35(33,34)24-14-8-11-22(19-24)27-25(31)20-15-17-30(18-16-20)26(32)28-21-9-4-2-5-10-21/h2-14,19-20H,15-18H2,1H3,(H,27,31)(H,28,32). The Bertz CT molecular complexity index is 1270. The number of carbonyl (C=O) groups is 2. The predicted octanol–water partition coefficient (Wildman–Crippen LogP) is 4.39. The molecule has 0 aliphatic carbocycles. The molecule has 3 aromatic carbocycles. The molecule has 182 valence electrons. The van der Waals surface area contributed by atoms with Crippen molar-refractivity contribution >= 4 is 39.0 Å². The van der Waals surface area contributed by atoms with E-state index in [4.69, 9.17) is 0 Å². The second kappa shape index (κ2) is 10.6. The predicted molar refractivity (Wildman–Crippen MR) is 137 cm³/mol. The summed E-state index contributed by atoms with van der Waals surface area (Å²) >= 11 is 0. The molecule has 1 aliphatic rings. The Labute approximate surface area is 205 Å². The minimum Gasteiger partial charge on any atom is -0.326 e. The molecule has 3 amide bonds. The Kier molecular flexibility index (Phi) is 7.36. The molecule has 1 heterocycles. The van der Waals surface area contributed by atoms with Crippen LogP contribution < -0.4 is 14.9 Å². The van der Waals surface area contributed by atoms with E-state index in [1.54, 1.807) is 41.3 Å². The smallest absolute Gasteiger partial charge is 0.321 e. The largest absolute Gasteiger partial charge is 0.326 e. The zero-order valence-electron chi connectivity index (χ0n) is 19.4. The van der Waals surface area contributed by atoms with Crippen LogP contribution in [0.1, 0.15) is 12.8 Å². The number of carbonyl (C=O) groups excluding carboxylic acids is 2. The molecule has 1 fully saturated rings. The van der Waals surface area contributed by atoms with Crippen molar-refractivity contribution in [1.29, 1.82) is 0 Å². The number of sulfonamides is 1. The number of anilines is 3. The van der Waals surface area contributed by atoms with Crippen molar-refractivity contribution in [3.05, 3.63) is 84.9 Å². The minimum absolute atomic E-state index is 0.0917. The van der Waals surface area contributed by atoms with E-state index < -0.39 is 10.0 Å². The molecule has 0 bridgehead atoms. The lowest BCUT2D eigenvalue weighted by Crippen LogP contribution is -2.43. The first kappa shape index (κ1) is 24.3. The van der Waals surface area contributed by atoms with Gasteiger partial charge in [0.1, 0.15) is 0 Å². The highest BCUT2D eigenvalue weighted by Gasteiger charge is 2.28. The third-order valence-corrected chi connectivity index (χ3v) is 7.84. The molecule has 4 rings (SSSR count). The van der Waals surface area contributed by atoms with Crippen molar-refractivity contribution in [2.24, 2.45) is 5.92 Å². The van der Waals surface area contributed by atoms with Crippen LogP contribution in [0.2, 0.25) is 0 Å². The van der Waals surface area contributed by atoms with E-state index in [0.29, 0.717) is 37.3 Å². The maximum atomic E-state index is 13.1. The van der Waals surface area contributed by atoms with Crippen molar-refractivity contribution in [2.75, 3.05) is 35.1 Å². The molecular formula is C26H28N4O4S. The number of rotatable bonds is 6. The van der Waals surface area contributed by atoms with Crippen LogP contribution in [-0.2, 0) is 14.8 Å². The van der Waals surface area contributed by atoms with Crippen molar-refractivity contribution in [3.63, 3.8) is 0 Å².